The van der Waals surface area contributed by atoms with Crippen molar-refractivity contribution in [2.24, 2.45) is 11.6 Å². The molecular formula is C23H16F2N4O4. The monoisotopic (exact) mass is 450 g/mol. The van der Waals surface area contributed by atoms with Crippen LogP contribution in [0.15, 0.2) is 60.8 Å². The summed E-state index contributed by atoms with van der Waals surface area (Å²) < 4.78 is 27.1. The molecule has 10 heteroatoms. The van der Waals surface area contributed by atoms with Gasteiger partial charge in [-0.25, -0.2) is 18.5 Å². The Kier molecular flexibility index (Phi) is 5.36. The van der Waals surface area contributed by atoms with Crippen molar-refractivity contribution in [3.05, 3.63) is 94.7 Å². The van der Waals surface area contributed by atoms with Crippen molar-refractivity contribution in [1.82, 2.24) is 5.43 Å². The van der Waals surface area contributed by atoms with Gasteiger partial charge in [-0.2, -0.15) is 0 Å². The molecule has 0 spiro atoms. The summed E-state index contributed by atoms with van der Waals surface area (Å²) in [6, 6.07) is 11.3. The SMILES string of the molecule is N/C=C(\NN)c1ccc2c(c1)C(=O)N(c1cc(-c3ccc(F)c(F)c3)ccc1C(=O)O)C2=O. The largest absolute Gasteiger partial charge is 0.478 e. The number of carboxylic acid groups (broad SMARTS) is 1. The van der Waals surface area contributed by atoms with Crippen LogP contribution in [-0.4, -0.2) is 22.9 Å². The van der Waals surface area contributed by atoms with Gasteiger partial charge in [-0.05, 0) is 47.5 Å². The van der Waals surface area contributed by atoms with Gasteiger partial charge in [0.1, 0.15) is 0 Å². The zero-order valence-electron chi connectivity index (χ0n) is 16.8. The minimum Gasteiger partial charge on any atom is -0.478 e. The molecule has 0 fully saturated rings. The highest BCUT2D eigenvalue weighted by molar-refractivity contribution is 6.35. The van der Waals surface area contributed by atoms with Crippen LogP contribution in [-0.2, 0) is 0 Å². The van der Waals surface area contributed by atoms with Crippen molar-refractivity contribution < 1.29 is 28.3 Å². The van der Waals surface area contributed by atoms with Gasteiger partial charge in [0.15, 0.2) is 11.6 Å². The number of amides is 2. The predicted octanol–water partition coefficient (Wildman–Crippen LogP) is 2.85. The number of carbonyl (C=O) groups is 3. The van der Waals surface area contributed by atoms with Crippen LogP contribution >= 0.6 is 0 Å². The van der Waals surface area contributed by atoms with Gasteiger partial charge >= 0.3 is 5.97 Å². The van der Waals surface area contributed by atoms with E-state index in [-0.39, 0.29) is 33.5 Å². The van der Waals surface area contributed by atoms with E-state index in [1.807, 2.05) is 0 Å². The molecule has 33 heavy (non-hydrogen) atoms. The lowest BCUT2D eigenvalue weighted by Gasteiger charge is -2.18. The first-order valence-electron chi connectivity index (χ1n) is 9.51. The van der Waals surface area contributed by atoms with E-state index in [4.69, 9.17) is 11.6 Å². The Balaban J connectivity index is 1.85. The fraction of sp³-hybridized carbons (Fsp3) is 0. The zero-order valence-corrected chi connectivity index (χ0v) is 16.8. The lowest BCUT2D eigenvalue weighted by Crippen LogP contribution is -2.31. The second-order valence-electron chi connectivity index (χ2n) is 7.10. The standard InChI is InChI=1S/C23H16F2N4O4/c24-17-6-3-11(8-18(17)25)12-1-5-15(23(32)33)20(9-12)29-21(30)14-4-2-13(19(10-26)28-27)7-16(14)22(29)31/h1-10,28H,26-27H2,(H,32,33)/b19-10-. The Morgan fingerprint density at radius 1 is 0.909 bits per heavy atom. The summed E-state index contributed by atoms with van der Waals surface area (Å²) >= 11 is 0. The summed E-state index contributed by atoms with van der Waals surface area (Å²) in [7, 11) is 0. The molecule has 2 amide bonds. The molecule has 4 rings (SSSR count). The smallest absolute Gasteiger partial charge is 0.337 e. The number of nitrogens with one attached hydrogen (secondary N) is 1. The maximum Gasteiger partial charge on any atom is 0.337 e. The first-order valence-corrected chi connectivity index (χ1v) is 9.51. The second-order valence-corrected chi connectivity index (χ2v) is 7.10. The number of benzene rings is 3. The first kappa shape index (κ1) is 21.7. The van der Waals surface area contributed by atoms with Crippen LogP contribution in [0.1, 0.15) is 36.6 Å². The van der Waals surface area contributed by atoms with Crippen LogP contribution in [0, 0.1) is 11.6 Å². The number of imide groups is 1. The molecule has 1 heterocycles. The fourth-order valence-electron chi connectivity index (χ4n) is 3.61. The Hall–Kier alpha value is -4.57. The van der Waals surface area contributed by atoms with Gasteiger partial charge in [-0.3, -0.25) is 15.4 Å². The van der Waals surface area contributed by atoms with Crippen molar-refractivity contribution in [3.8, 4) is 11.1 Å². The number of hydrazine groups is 1. The third kappa shape index (κ3) is 3.58. The van der Waals surface area contributed by atoms with Gasteiger partial charge in [-0.1, -0.05) is 18.2 Å². The summed E-state index contributed by atoms with van der Waals surface area (Å²) in [5, 5.41) is 9.64. The maximum absolute atomic E-state index is 13.7. The molecule has 0 saturated carbocycles. The van der Waals surface area contributed by atoms with E-state index in [0.717, 1.165) is 17.0 Å². The van der Waals surface area contributed by atoms with Crippen molar-refractivity contribution in [2.45, 2.75) is 0 Å². The number of carbonyl (C=O) groups excluding carboxylic acids is 2. The molecule has 3 aromatic rings. The van der Waals surface area contributed by atoms with E-state index in [1.54, 1.807) is 0 Å². The lowest BCUT2D eigenvalue weighted by atomic mass is 10.0. The fourth-order valence-corrected chi connectivity index (χ4v) is 3.61. The third-order valence-electron chi connectivity index (χ3n) is 5.24. The van der Waals surface area contributed by atoms with Crippen LogP contribution < -0.4 is 21.9 Å². The number of carboxylic acids is 1. The third-order valence-corrected chi connectivity index (χ3v) is 5.24. The predicted molar refractivity (Wildman–Crippen MR) is 116 cm³/mol. The molecule has 8 nitrogen and oxygen atoms in total. The normalized spacial score (nSPS) is 13.3. The molecule has 0 aliphatic carbocycles. The minimum absolute atomic E-state index is 0.0293. The van der Waals surface area contributed by atoms with E-state index in [1.165, 1.54) is 48.7 Å². The van der Waals surface area contributed by atoms with Gasteiger partial charge in [0.25, 0.3) is 11.8 Å². The molecular weight excluding hydrogens is 434 g/mol. The summed E-state index contributed by atoms with van der Waals surface area (Å²) in [5.74, 6) is 0.407. The average Bonchev–Trinajstić information content (AvgIpc) is 3.05. The van der Waals surface area contributed by atoms with Crippen molar-refractivity contribution >= 4 is 29.2 Å². The molecule has 166 valence electrons. The molecule has 0 saturated heterocycles. The van der Waals surface area contributed by atoms with Crippen LogP contribution in [0.5, 0.6) is 0 Å². The molecule has 0 atom stereocenters. The van der Waals surface area contributed by atoms with Gasteiger partial charge < -0.3 is 16.3 Å². The number of hydrogen-bond donors (Lipinski definition) is 4. The topological polar surface area (TPSA) is 139 Å². The highest BCUT2D eigenvalue weighted by Gasteiger charge is 2.39. The highest BCUT2D eigenvalue weighted by atomic mass is 19.2. The summed E-state index contributed by atoms with van der Waals surface area (Å²) in [5.41, 5.74) is 8.72. The molecule has 0 unspecified atom stereocenters. The van der Waals surface area contributed by atoms with E-state index in [2.05, 4.69) is 5.43 Å². The van der Waals surface area contributed by atoms with Crippen LogP contribution in [0.2, 0.25) is 0 Å². The van der Waals surface area contributed by atoms with Gasteiger partial charge in [-0.15, -0.1) is 0 Å². The summed E-state index contributed by atoms with van der Waals surface area (Å²) in [6.07, 6.45) is 1.19. The Labute approximate surface area is 185 Å². The number of fused-ring (bicyclic) bond motifs is 1. The van der Waals surface area contributed by atoms with Gasteiger partial charge in [0, 0.05) is 11.8 Å². The molecule has 0 bridgehead atoms. The number of hydrogen-bond acceptors (Lipinski definition) is 6. The van der Waals surface area contributed by atoms with Crippen molar-refractivity contribution in [1.29, 1.82) is 0 Å². The molecule has 1 aliphatic rings. The zero-order chi connectivity index (χ0) is 23.9. The second kappa shape index (κ2) is 8.17. The van der Waals surface area contributed by atoms with E-state index >= 15 is 0 Å². The molecule has 3 aromatic carbocycles. The van der Waals surface area contributed by atoms with Crippen LogP contribution in [0.3, 0.4) is 0 Å². The van der Waals surface area contributed by atoms with E-state index in [9.17, 15) is 28.3 Å². The Morgan fingerprint density at radius 3 is 2.21 bits per heavy atom. The van der Waals surface area contributed by atoms with E-state index in [0.29, 0.717) is 11.3 Å². The number of nitrogens with two attached hydrogens (primary N) is 2. The highest BCUT2D eigenvalue weighted by Crippen LogP contribution is 2.35. The van der Waals surface area contributed by atoms with Crippen molar-refractivity contribution in [2.75, 3.05) is 4.90 Å². The quantitative estimate of drug-likeness (QED) is 0.266. The first-order chi connectivity index (χ1) is 15.8. The Morgan fingerprint density at radius 2 is 1.58 bits per heavy atom. The number of rotatable bonds is 5. The van der Waals surface area contributed by atoms with Gasteiger partial charge in [0.05, 0.1) is 28.1 Å². The van der Waals surface area contributed by atoms with Crippen molar-refractivity contribution in [3.63, 3.8) is 0 Å². The maximum atomic E-state index is 13.7. The van der Waals surface area contributed by atoms with Crippen LogP contribution in [0.4, 0.5) is 14.5 Å². The lowest BCUT2D eigenvalue weighted by molar-refractivity contribution is 0.0698. The minimum atomic E-state index is -1.38. The van der Waals surface area contributed by atoms with E-state index < -0.39 is 29.4 Å². The summed E-state index contributed by atoms with van der Waals surface area (Å²) in [6.45, 7) is 0. The average molecular weight is 450 g/mol. The number of halogens is 2. The summed E-state index contributed by atoms with van der Waals surface area (Å²) in [4.78, 5) is 38.8. The molecule has 1 aliphatic heterocycles. The Bertz CT molecular complexity index is 1370. The molecule has 6 N–H and O–H groups in total. The molecule has 0 aromatic heterocycles. The number of nitrogens with zero attached hydrogens (tertiary/aromatic N) is 1. The van der Waals surface area contributed by atoms with Gasteiger partial charge in [0.2, 0.25) is 0 Å². The van der Waals surface area contributed by atoms with Crippen LogP contribution in [0.25, 0.3) is 16.8 Å². The molecule has 0 radical (unpaired) electrons. The number of aromatic carboxylic acids is 1. The number of anilines is 1.